The molecule has 0 unspecified atom stereocenters. The van der Waals surface area contributed by atoms with Crippen LogP contribution in [0.3, 0.4) is 0 Å². The van der Waals surface area contributed by atoms with E-state index in [1.807, 2.05) is 19.2 Å². The Morgan fingerprint density at radius 1 is 1.05 bits per heavy atom. The largest absolute Gasteiger partial charge is 0.379 e. The van der Waals surface area contributed by atoms with Gasteiger partial charge in [0.05, 0.1) is 18.9 Å². The number of hydrogen-bond donors (Lipinski definition) is 0. The van der Waals surface area contributed by atoms with Gasteiger partial charge in [-0.2, -0.15) is 0 Å². The summed E-state index contributed by atoms with van der Waals surface area (Å²) in [5.74, 6) is 0. The lowest BCUT2D eigenvalue weighted by Crippen LogP contribution is -2.31. The zero-order chi connectivity index (χ0) is 16.0. The lowest BCUT2D eigenvalue weighted by atomic mass is 10.2. The second kappa shape index (κ2) is 12.6. The molecule has 1 aromatic heterocycles. The highest BCUT2D eigenvalue weighted by molar-refractivity contribution is 5.03. The van der Waals surface area contributed by atoms with E-state index in [1.54, 1.807) is 0 Å². The number of ether oxygens (including phenoxy) is 2. The molecule has 0 atom stereocenters. The van der Waals surface area contributed by atoms with Gasteiger partial charge in [0, 0.05) is 32.0 Å². The third kappa shape index (κ3) is 9.13. The molecule has 0 saturated carbocycles. The molecule has 0 bridgehead atoms. The second-order valence-corrected chi connectivity index (χ2v) is 5.76. The van der Waals surface area contributed by atoms with Gasteiger partial charge in [-0.25, -0.2) is 0 Å². The number of nitrogens with zero attached hydrogens (tertiary/aromatic N) is 2. The Hall–Kier alpha value is -0.970. The van der Waals surface area contributed by atoms with Crippen molar-refractivity contribution in [1.29, 1.82) is 0 Å². The summed E-state index contributed by atoms with van der Waals surface area (Å²) in [4.78, 5) is 6.91. The zero-order valence-electron chi connectivity index (χ0n) is 14.5. The maximum absolute atomic E-state index is 5.54. The third-order valence-electron chi connectivity index (χ3n) is 3.63. The first-order chi connectivity index (χ1) is 10.7. The number of aromatic nitrogens is 1. The van der Waals surface area contributed by atoms with Crippen molar-refractivity contribution in [3.05, 3.63) is 30.1 Å². The minimum absolute atomic E-state index is 0.546. The van der Waals surface area contributed by atoms with Crippen LogP contribution in [0.25, 0.3) is 0 Å². The fourth-order valence-corrected chi connectivity index (χ4v) is 2.28. The molecule has 0 N–H and O–H groups in total. The van der Waals surface area contributed by atoms with Gasteiger partial charge in [-0.1, -0.05) is 6.07 Å². The second-order valence-electron chi connectivity index (χ2n) is 5.76. The quantitative estimate of drug-likeness (QED) is 0.522. The molecule has 0 fully saturated rings. The van der Waals surface area contributed by atoms with E-state index in [2.05, 4.69) is 35.9 Å². The predicted octanol–water partition coefficient (Wildman–Crippen LogP) is 3.52. The first kappa shape index (κ1) is 19.1. The SMILES string of the molecule is CCOCCOCCCCCN(Cc1ccccn1)C(C)C. The van der Waals surface area contributed by atoms with Crippen LogP contribution in [-0.2, 0) is 16.0 Å². The Morgan fingerprint density at radius 3 is 2.55 bits per heavy atom. The van der Waals surface area contributed by atoms with Crippen LogP contribution in [0.1, 0.15) is 45.7 Å². The van der Waals surface area contributed by atoms with E-state index in [0.29, 0.717) is 19.3 Å². The normalized spacial score (nSPS) is 11.5. The van der Waals surface area contributed by atoms with E-state index in [0.717, 1.165) is 38.4 Å². The molecule has 0 aliphatic rings. The molecule has 0 radical (unpaired) electrons. The molecule has 1 rings (SSSR count). The maximum atomic E-state index is 5.54. The van der Waals surface area contributed by atoms with Gasteiger partial charge in [0.2, 0.25) is 0 Å². The summed E-state index contributed by atoms with van der Waals surface area (Å²) < 4.78 is 10.8. The highest BCUT2D eigenvalue weighted by atomic mass is 16.5. The summed E-state index contributed by atoms with van der Waals surface area (Å²) in [5, 5.41) is 0. The summed E-state index contributed by atoms with van der Waals surface area (Å²) in [5.41, 5.74) is 1.15. The molecular weight excluding hydrogens is 276 g/mol. The van der Waals surface area contributed by atoms with Crippen LogP contribution >= 0.6 is 0 Å². The van der Waals surface area contributed by atoms with Crippen molar-refractivity contribution in [2.45, 2.75) is 52.6 Å². The predicted molar refractivity (Wildman–Crippen MR) is 90.9 cm³/mol. The Kier molecular flexibility index (Phi) is 10.9. The molecule has 4 nitrogen and oxygen atoms in total. The smallest absolute Gasteiger partial charge is 0.0700 e. The molecule has 0 amide bonds. The molecule has 22 heavy (non-hydrogen) atoms. The van der Waals surface area contributed by atoms with Gasteiger partial charge in [0.1, 0.15) is 0 Å². The average molecular weight is 308 g/mol. The Morgan fingerprint density at radius 2 is 1.86 bits per heavy atom. The fraction of sp³-hybridized carbons (Fsp3) is 0.722. The van der Waals surface area contributed by atoms with Crippen molar-refractivity contribution < 1.29 is 9.47 Å². The van der Waals surface area contributed by atoms with Crippen molar-refractivity contribution >= 4 is 0 Å². The molecule has 1 heterocycles. The van der Waals surface area contributed by atoms with Crippen LogP contribution < -0.4 is 0 Å². The molecule has 0 aromatic carbocycles. The third-order valence-corrected chi connectivity index (χ3v) is 3.63. The van der Waals surface area contributed by atoms with Gasteiger partial charge in [0.25, 0.3) is 0 Å². The van der Waals surface area contributed by atoms with E-state index in [1.165, 1.54) is 12.8 Å². The zero-order valence-corrected chi connectivity index (χ0v) is 14.5. The summed E-state index contributed by atoms with van der Waals surface area (Å²) in [6, 6.07) is 6.67. The van der Waals surface area contributed by atoms with Crippen molar-refractivity contribution in [3.8, 4) is 0 Å². The Labute approximate surface area is 135 Å². The molecule has 4 heteroatoms. The van der Waals surface area contributed by atoms with Crippen LogP contribution in [-0.4, -0.2) is 48.9 Å². The van der Waals surface area contributed by atoms with Gasteiger partial charge in [-0.15, -0.1) is 0 Å². The summed E-state index contributed by atoms with van der Waals surface area (Å²) in [6.07, 6.45) is 5.41. The fourth-order valence-electron chi connectivity index (χ4n) is 2.28. The van der Waals surface area contributed by atoms with E-state index in [-0.39, 0.29) is 0 Å². The van der Waals surface area contributed by atoms with Gasteiger partial charge in [-0.3, -0.25) is 9.88 Å². The summed E-state index contributed by atoms with van der Waals surface area (Å²) in [6.45, 7) is 11.6. The van der Waals surface area contributed by atoms with E-state index >= 15 is 0 Å². The molecular formula is C18H32N2O2. The van der Waals surface area contributed by atoms with E-state index < -0.39 is 0 Å². The van der Waals surface area contributed by atoms with Gasteiger partial charge in [0.15, 0.2) is 0 Å². The number of pyridine rings is 1. The van der Waals surface area contributed by atoms with Gasteiger partial charge in [-0.05, 0) is 58.7 Å². The molecule has 0 aliphatic heterocycles. The molecule has 126 valence electrons. The standard InChI is InChI=1S/C18H32N2O2/c1-4-21-14-15-22-13-9-5-8-12-20(17(2)3)16-18-10-6-7-11-19-18/h6-7,10-11,17H,4-5,8-9,12-16H2,1-3H3. The van der Waals surface area contributed by atoms with Crippen molar-refractivity contribution in [2.24, 2.45) is 0 Å². The first-order valence-corrected chi connectivity index (χ1v) is 8.53. The average Bonchev–Trinajstić information content (AvgIpc) is 2.53. The molecule has 0 spiro atoms. The minimum atomic E-state index is 0.546. The van der Waals surface area contributed by atoms with Crippen molar-refractivity contribution in [1.82, 2.24) is 9.88 Å². The summed E-state index contributed by atoms with van der Waals surface area (Å²) >= 11 is 0. The maximum Gasteiger partial charge on any atom is 0.0700 e. The number of rotatable bonds is 13. The lowest BCUT2D eigenvalue weighted by molar-refractivity contribution is 0.0509. The molecule has 0 aliphatic carbocycles. The van der Waals surface area contributed by atoms with Crippen molar-refractivity contribution in [3.63, 3.8) is 0 Å². The molecule has 1 aromatic rings. The van der Waals surface area contributed by atoms with Crippen LogP contribution in [0.5, 0.6) is 0 Å². The van der Waals surface area contributed by atoms with Crippen LogP contribution in [0.4, 0.5) is 0 Å². The Balaban J connectivity index is 2.09. The topological polar surface area (TPSA) is 34.6 Å². The lowest BCUT2D eigenvalue weighted by Gasteiger charge is -2.26. The first-order valence-electron chi connectivity index (χ1n) is 8.53. The Bertz CT molecular complexity index is 357. The van der Waals surface area contributed by atoms with Crippen LogP contribution in [0.2, 0.25) is 0 Å². The van der Waals surface area contributed by atoms with Crippen LogP contribution in [0.15, 0.2) is 24.4 Å². The van der Waals surface area contributed by atoms with Crippen LogP contribution in [0, 0.1) is 0 Å². The van der Waals surface area contributed by atoms with Gasteiger partial charge < -0.3 is 9.47 Å². The minimum Gasteiger partial charge on any atom is -0.379 e. The molecule has 0 saturated heterocycles. The summed E-state index contributed by atoms with van der Waals surface area (Å²) in [7, 11) is 0. The van der Waals surface area contributed by atoms with Gasteiger partial charge >= 0.3 is 0 Å². The highest BCUT2D eigenvalue weighted by Crippen LogP contribution is 2.08. The number of hydrogen-bond acceptors (Lipinski definition) is 4. The van der Waals surface area contributed by atoms with Crippen molar-refractivity contribution in [2.75, 3.05) is 33.0 Å². The number of unbranched alkanes of at least 4 members (excludes halogenated alkanes) is 2. The van der Waals surface area contributed by atoms with E-state index in [9.17, 15) is 0 Å². The monoisotopic (exact) mass is 308 g/mol. The van der Waals surface area contributed by atoms with E-state index in [4.69, 9.17) is 9.47 Å². The highest BCUT2D eigenvalue weighted by Gasteiger charge is 2.10.